The molecule has 0 spiro atoms. The van der Waals surface area contributed by atoms with Crippen LogP contribution >= 0.6 is 0 Å². The van der Waals surface area contributed by atoms with Gasteiger partial charge in [-0.05, 0) is 0 Å². The molecule has 0 aromatic heterocycles. The summed E-state index contributed by atoms with van der Waals surface area (Å²) in [4.78, 5) is 0. The Hall–Kier alpha value is -0.370. The van der Waals surface area contributed by atoms with Gasteiger partial charge in [-0.2, -0.15) is 0 Å². The Balaban J connectivity index is 2.48. The van der Waals surface area contributed by atoms with E-state index < -0.39 is 0 Å². The van der Waals surface area contributed by atoms with Crippen molar-refractivity contribution in [2.24, 2.45) is 5.92 Å². The summed E-state index contributed by atoms with van der Waals surface area (Å²) in [5.41, 5.74) is 0.847. The van der Waals surface area contributed by atoms with Gasteiger partial charge >= 0.3 is 0 Å². The van der Waals surface area contributed by atoms with E-state index in [1.807, 2.05) is 0 Å². The Morgan fingerprint density at radius 1 is 1.86 bits per heavy atom. The molecule has 1 aliphatic heterocycles. The average molecular weight is 98.1 g/mol. The lowest BCUT2D eigenvalue weighted by atomic mass is 10.1. The predicted octanol–water partition coefficient (Wildman–Crippen LogP) is 0.245. The van der Waals surface area contributed by atoms with Gasteiger partial charge in [0.1, 0.15) is 0 Å². The van der Waals surface area contributed by atoms with E-state index in [1.165, 1.54) is 0 Å². The van der Waals surface area contributed by atoms with Crippen LogP contribution in [0.2, 0.25) is 0 Å². The Morgan fingerprint density at radius 3 is 2.71 bits per heavy atom. The molecule has 1 fully saturated rings. The van der Waals surface area contributed by atoms with Crippen molar-refractivity contribution < 1.29 is 0 Å². The minimum absolute atomic E-state index is 0.486. The Labute approximate surface area is 43.4 Å². The first kappa shape index (κ1) is 4.78. The maximum absolute atomic E-state index is 7.19. The number of hydrogen-bond donors (Lipinski definition) is 2. The molecule has 2 heteroatoms. The van der Waals surface area contributed by atoms with E-state index >= 15 is 0 Å². The fourth-order valence-electron chi connectivity index (χ4n) is 0.721. The highest BCUT2D eigenvalue weighted by molar-refractivity contribution is 5.87. The number of nitrogens with one attached hydrogen (secondary N) is 2. The smallest absolute Gasteiger partial charge is 0.0336 e. The highest BCUT2D eigenvalue weighted by Crippen LogP contribution is 1.99. The molecule has 2 nitrogen and oxygen atoms in total. The zero-order valence-corrected chi connectivity index (χ0v) is 4.49. The van der Waals surface area contributed by atoms with E-state index in [4.69, 9.17) is 5.41 Å². The van der Waals surface area contributed by atoms with Gasteiger partial charge in [-0.1, -0.05) is 6.92 Å². The van der Waals surface area contributed by atoms with E-state index in [0.29, 0.717) is 5.92 Å². The molecule has 0 aromatic carbocycles. The van der Waals surface area contributed by atoms with Crippen LogP contribution < -0.4 is 5.32 Å². The Morgan fingerprint density at radius 2 is 2.57 bits per heavy atom. The van der Waals surface area contributed by atoms with Gasteiger partial charge in [0.05, 0.1) is 0 Å². The second kappa shape index (κ2) is 1.62. The van der Waals surface area contributed by atoms with E-state index in [-0.39, 0.29) is 0 Å². The van der Waals surface area contributed by atoms with Gasteiger partial charge in [-0.3, -0.25) is 0 Å². The minimum atomic E-state index is 0.486. The summed E-state index contributed by atoms with van der Waals surface area (Å²) in [7, 11) is 0. The molecule has 0 aromatic rings. The molecule has 7 heavy (non-hydrogen) atoms. The summed E-state index contributed by atoms with van der Waals surface area (Å²) in [6.07, 6.45) is 0. The first-order chi connectivity index (χ1) is 3.30. The fraction of sp³-hybridized carbons (Fsp3) is 0.800. The largest absolute Gasteiger partial charge is 0.311 e. The van der Waals surface area contributed by atoms with Crippen molar-refractivity contribution in [2.45, 2.75) is 6.92 Å². The highest BCUT2D eigenvalue weighted by Gasteiger charge is 2.13. The summed E-state index contributed by atoms with van der Waals surface area (Å²) >= 11 is 0. The van der Waals surface area contributed by atoms with Crippen molar-refractivity contribution in [1.29, 1.82) is 5.41 Å². The van der Waals surface area contributed by atoms with Crippen molar-refractivity contribution in [1.82, 2.24) is 5.32 Å². The molecule has 0 radical (unpaired) electrons. The quantitative estimate of drug-likeness (QED) is 0.447. The van der Waals surface area contributed by atoms with Gasteiger partial charge < -0.3 is 10.7 Å². The standard InChI is InChI=1S/C5H10N2/c1-4-2-7-3-5(4)6/h4,6-7H,2-3H2,1H3. The van der Waals surface area contributed by atoms with Crippen molar-refractivity contribution in [2.75, 3.05) is 13.1 Å². The minimum Gasteiger partial charge on any atom is -0.311 e. The molecule has 1 rings (SSSR count). The van der Waals surface area contributed by atoms with E-state index in [0.717, 1.165) is 18.8 Å². The van der Waals surface area contributed by atoms with Gasteiger partial charge in [0.15, 0.2) is 0 Å². The van der Waals surface area contributed by atoms with Crippen LogP contribution in [0.5, 0.6) is 0 Å². The number of rotatable bonds is 0. The maximum Gasteiger partial charge on any atom is 0.0336 e. The second-order valence-electron chi connectivity index (χ2n) is 2.06. The first-order valence-corrected chi connectivity index (χ1v) is 2.58. The molecule has 1 unspecified atom stereocenters. The summed E-state index contributed by atoms with van der Waals surface area (Å²) in [6, 6.07) is 0. The second-order valence-corrected chi connectivity index (χ2v) is 2.06. The van der Waals surface area contributed by atoms with Crippen LogP contribution in [0.3, 0.4) is 0 Å². The maximum atomic E-state index is 7.19. The molecule has 0 amide bonds. The zero-order valence-electron chi connectivity index (χ0n) is 4.49. The van der Waals surface area contributed by atoms with Gasteiger partial charge in [0, 0.05) is 24.7 Å². The topological polar surface area (TPSA) is 35.9 Å². The van der Waals surface area contributed by atoms with Crippen molar-refractivity contribution in [3.8, 4) is 0 Å². The average Bonchev–Trinajstić information content (AvgIpc) is 1.91. The molecule has 0 saturated carbocycles. The lowest BCUT2D eigenvalue weighted by Gasteiger charge is -1.93. The van der Waals surface area contributed by atoms with Crippen molar-refractivity contribution in [3.63, 3.8) is 0 Å². The Kier molecular flexibility index (Phi) is 1.11. The van der Waals surface area contributed by atoms with Crippen LogP contribution in [-0.4, -0.2) is 18.8 Å². The van der Waals surface area contributed by atoms with Gasteiger partial charge in [0.2, 0.25) is 0 Å². The molecular formula is C5H10N2. The zero-order chi connectivity index (χ0) is 5.28. The molecular weight excluding hydrogens is 88.1 g/mol. The molecule has 40 valence electrons. The third-order valence-electron chi connectivity index (χ3n) is 1.36. The summed E-state index contributed by atoms with van der Waals surface area (Å²) in [6.45, 7) is 3.88. The van der Waals surface area contributed by atoms with Crippen LogP contribution in [0, 0.1) is 11.3 Å². The van der Waals surface area contributed by atoms with E-state index in [9.17, 15) is 0 Å². The SMILES string of the molecule is CC1CNCC1=N. The molecule has 1 atom stereocenters. The normalized spacial score (nSPS) is 31.6. The van der Waals surface area contributed by atoms with Gasteiger partial charge in [-0.25, -0.2) is 0 Å². The number of hydrogen-bond acceptors (Lipinski definition) is 2. The Bertz CT molecular complexity index is 88.1. The van der Waals surface area contributed by atoms with Crippen LogP contribution in [0.1, 0.15) is 6.92 Å². The fourth-order valence-corrected chi connectivity index (χ4v) is 0.721. The first-order valence-electron chi connectivity index (χ1n) is 2.58. The molecule has 0 bridgehead atoms. The van der Waals surface area contributed by atoms with Crippen LogP contribution in [0.25, 0.3) is 0 Å². The van der Waals surface area contributed by atoms with Crippen LogP contribution in [0.4, 0.5) is 0 Å². The molecule has 1 saturated heterocycles. The monoisotopic (exact) mass is 98.1 g/mol. The van der Waals surface area contributed by atoms with Crippen molar-refractivity contribution >= 4 is 5.71 Å². The predicted molar refractivity (Wildman–Crippen MR) is 29.8 cm³/mol. The molecule has 0 aliphatic carbocycles. The lowest BCUT2D eigenvalue weighted by molar-refractivity contribution is 0.740. The highest BCUT2D eigenvalue weighted by atomic mass is 14.9. The van der Waals surface area contributed by atoms with Crippen molar-refractivity contribution in [3.05, 3.63) is 0 Å². The van der Waals surface area contributed by atoms with Crippen LogP contribution in [-0.2, 0) is 0 Å². The third-order valence-corrected chi connectivity index (χ3v) is 1.36. The lowest BCUT2D eigenvalue weighted by Crippen LogP contribution is -2.07. The van der Waals surface area contributed by atoms with Gasteiger partial charge in [-0.15, -0.1) is 0 Å². The molecule has 1 heterocycles. The van der Waals surface area contributed by atoms with Gasteiger partial charge in [0.25, 0.3) is 0 Å². The van der Waals surface area contributed by atoms with Crippen LogP contribution in [0.15, 0.2) is 0 Å². The third kappa shape index (κ3) is 0.800. The molecule has 2 N–H and O–H groups in total. The summed E-state index contributed by atoms with van der Waals surface area (Å²) in [5, 5.41) is 10.3. The van der Waals surface area contributed by atoms with E-state index in [1.54, 1.807) is 0 Å². The molecule has 1 aliphatic rings. The van der Waals surface area contributed by atoms with E-state index in [2.05, 4.69) is 12.2 Å². The summed E-state index contributed by atoms with van der Waals surface area (Å²) in [5.74, 6) is 0.486. The summed E-state index contributed by atoms with van der Waals surface area (Å²) < 4.78 is 0.